The Morgan fingerprint density at radius 1 is 1.44 bits per heavy atom. The summed E-state index contributed by atoms with van der Waals surface area (Å²) in [7, 11) is 0. The van der Waals surface area contributed by atoms with E-state index in [0.717, 1.165) is 18.5 Å². The molecule has 1 aromatic rings. The first kappa shape index (κ1) is 11.2. The van der Waals surface area contributed by atoms with Crippen molar-refractivity contribution in [1.29, 1.82) is 0 Å². The second kappa shape index (κ2) is 4.28. The van der Waals surface area contributed by atoms with Gasteiger partial charge in [0.25, 0.3) is 0 Å². The summed E-state index contributed by atoms with van der Waals surface area (Å²) < 4.78 is 0. The number of nitrogens with one attached hydrogen (secondary N) is 1. The first-order valence-electron chi connectivity index (χ1n) is 6.05. The van der Waals surface area contributed by atoms with E-state index in [1.807, 2.05) is 12.1 Å². The minimum absolute atomic E-state index is 0.0508. The molecule has 0 bridgehead atoms. The van der Waals surface area contributed by atoms with E-state index in [0.29, 0.717) is 5.92 Å². The van der Waals surface area contributed by atoms with E-state index in [2.05, 4.69) is 32.2 Å². The molecular weight excluding hydrogens is 198 g/mol. The average Bonchev–Trinajstić information content (AvgIpc) is 2.53. The molecule has 2 atom stereocenters. The number of rotatable bonds is 3. The van der Waals surface area contributed by atoms with E-state index in [1.165, 1.54) is 11.1 Å². The highest BCUT2D eigenvalue weighted by molar-refractivity contribution is 6.03. The summed E-state index contributed by atoms with van der Waals surface area (Å²) in [6.45, 7) is 6.41. The van der Waals surface area contributed by atoms with E-state index in [9.17, 15) is 4.79 Å². The summed E-state index contributed by atoms with van der Waals surface area (Å²) in [5.41, 5.74) is 3.42. The number of hydrogen-bond donors (Lipinski definition) is 1. The second-order valence-corrected chi connectivity index (χ2v) is 4.82. The summed E-state index contributed by atoms with van der Waals surface area (Å²) >= 11 is 0. The molecule has 0 radical (unpaired) electrons. The molecule has 86 valence electrons. The van der Waals surface area contributed by atoms with Crippen LogP contribution >= 0.6 is 0 Å². The van der Waals surface area contributed by atoms with E-state index in [4.69, 9.17) is 0 Å². The lowest BCUT2D eigenvalue weighted by molar-refractivity contribution is -0.118. The minimum atomic E-state index is 0.0508. The fourth-order valence-electron chi connectivity index (χ4n) is 2.59. The number of amides is 1. The van der Waals surface area contributed by atoms with Crippen LogP contribution in [-0.4, -0.2) is 5.91 Å². The van der Waals surface area contributed by atoms with Crippen LogP contribution < -0.4 is 5.32 Å². The van der Waals surface area contributed by atoms with E-state index in [1.54, 1.807) is 0 Å². The van der Waals surface area contributed by atoms with Crippen molar-refractivity contribution in [3.05, 3.63) is 29.3 Å². The monoisotopic (exact) mass is 217 g/mol. The van der Waals surface area contributed by atoms with Crippen LogP contribution in [-0.2, 0) is 4.79 Å². The summed E-state index contributed by atoms with van der Waals surface area (Å²) in [6.07, 6.45) is 2.23. The third-order valence-corrected chi connectivity index (χ3v) is 3.40. The number of hydrogen-bond acceptors (Lipinski definition) is 1. The topological polar surface area (TPSA) is 29.1 Å². The number of fused-ring (bicyclic) bond motifs is 1. The average molecular weight is 217 g/mol. The Bertz CT molecular complexity index is 411. The van der Waals surface area contributed by atoms with E-state index in [-0.39, 0.29) is 11.8 Å². The molecule has 0 fully saturated rings. The van der Waals surface area contributed by atoms with Crippen molar-refractivity contribution in [3.63, 3.8) is 0 Å². The molecule has 0 saturated carbocycles. The molecule has 0 saturated heterocycles. The normalized spacial score (nSPS) is 20.4. The van der Waals surface area contributed by atoms with Gasteiger partial charge in [-0.2, -0.15) is 0 Å². The lowest BCUT2D eigenvalue weighted by atomic mass is 9.85. The van der Waals surface area contributed by atoms with Crippen molar-refractivity contribution in [2.24, 2.45) is 5.92 Å². The largest absolute Gasteiger partial charge is 0.325 e. The predicted octanol–water partition coefficient (Wildman–Crippen LogP) is 3.47. The van der Waals surface area contributed by atoms with Crippen molar-refractivity contribution in [2.75, 3.05) is 5.32 Å². The number of carbonyl (C=O) groups excluding carboxylic acids is 1. The Balaban J connectivity index is 2.34. The lowest BCUT2D eigenvalue weighted by Gasteiger charge is -2.17. The molecule has 1 N–H and O–H groups in total. The number of anilines is 1. The molecule has 0 aromatic heterocycles. The molecule has 2 heteroatoms. The summed E-state index contributed by atoms with van der Waals surface area (Å²) in [5.74, 6) is 0.643. The standard InChI is InChI=1S/C14H19NO/c1-4-5-10(3)13-11-8-9(2)6-7-12(11)15-14(13)16/h6-8,10,13H,4-5H2,1-3H3,(H,15,16). The molecule has 2 unspecified atom stereocenters. The van der Waals surface area contributed by atoms with E-state index < -0.39 is 0 Å². The highest BCUT2D eigenvalue weighted by Gasteiger charge is 2.34. The Labute approximate surface area is 97.1 Å². The highest BCUT2D eigenvalue weighted by Crippen LogP contribution is 2.39. The molecule has 0 spiro atoms. The zero-order chi connectivity index (χ0) is 11.7. The Hall–Kier alpha value is -1.31. The van der Waals surface area contributed by atoms with Gasteiger partial charge in [0.1, 0.15) is 0 Å². The third-order valence-electron chi connectivity index (χ3n) is 3.40. The lowest BCUT2D eigenvalue weighted by Crippen LogP contribution is -2.18. The molecule has 1 aliphatic rings. The molecular formula is C14H19NO. The van der Waals surface area contributed by atoms with Gasteiger partial charge in [0, 0.05) is 5.69 Å². The summed E-state index contributed by atoms with van der Waals surface area (Å²) in [6, 6.07) is 6.21. The van der Waals surface area contributed by atoms with Crippen LogP contribution in [0.5, 0.6) is 0 Å². The van der Waals surface area contributed by atoms with Gasteiger partial charge in [-0.3, -0.25) is 4.79 Å². The summed E-state index contributed by atoms with van der Waals surface area (Å²) in [5, 5.41) is 2.98. The molecule has 2 rings (SSSR count). The molecule has 16 heavy (non-hydrogen) atoms. The van der Waals surface area contributed by atoms with E-state index >= 15 is 0 Å². The van der Waals surface area contributed by atoms with Crippen LogP contribution in [0.3, 0.4) is 0 Å². The molecule has 1 aromatic carbocycles. The quantitative estimate of drug-likeness (QED) is 0.825. The maximum absolute atomic E-state index is 11.9. The summed E-state index contributed by atoms with van der Waals surface area (Å²) in [4.78, 5) is 11.9. The van der Waals surface area contributed by atoms with Gasteiger partial charge in [-0.25, -0.2) is 0 Å². The zero-order valence-corrected chi connectivity index (χ0v) is 10.2. The maximum atomic E-state index is 11.9. The second-order valence-electron chi connectivity index (χ2n) is 4.82. The Morgan fingerprint density at radius 2 is 2.19 bits per heavy atom. The molecule has 0 aliphatic carbocycles. The third kappa shape index (κ3) is 1.84. The molecule has 1 aliphatic heterocycles. The van der Waals surface area contributed by atoms with Gasteiger partial charge in [-0.05, 0) is 30.9 Å². The first-order valence-corrected chi connectivity index (χ1v) is 6.05. The number of carbonyl (C=O) groups is 1. The van der Waals surface area contributed by atoms with Crippen molar-refractivity contribution < 1.29 is 4.79 Å². The first-order chi connectivity index (χ1) is 7.63. The smallest absolute Gasteiger partial charge is 0.232 e. The van der Waals surface area contributed by atoms with Crippen LogP contribution in [0.25, 0.3) is 0 Å². The molecule has 2 nitrogen and oxygen atoms in total. The van der Waals surface area contributed by atoms with Gasteiger partial charge < -0.3 is 5.32 Å². The minimum Gasteiger partial charge on any atom is -0.325 e. The van der Waals surface area contributed by atoms with Gasteiger partial charge in [0.05, 0.1) is 5.92 Å². The van der Waals surface area contributed by atoms with Gasteiger partial charge in [-0.1, -0.05) is 38.0 Å². The zero-order valence-electron chi connectivity index (χ0n) is 10.2. The van der Waals surface area contributed by atoms with Gasteiger partial charge in [0.2, 0.25) is 5.91 Å². The van der Waals surface area contributed by atoms with Crippen LogP contribution in [0.4, 0.5) is 5.69 Å². The highest BCUT2D eigenvalue weighted by atomic mass is 16.2. The number of aryl methyl sites for hydroxylation is 1. The van der Waals surface area contributed by atoms with Crippen LogP contribution in [0, 0.1) is 12.8 Å². The van der Waals surface area contributed by atoms with Crippen molar-refractivity contribution in [1.82, 2.24) is 0 Å². The van der Waals surface area contributed by atoms with Crippen LogP contribution in [0.1, 0.15) is 43.7 Å². The van der Waals surface area contributed by atoms with Crippen molar-refractivity contribution >= 4 is 11.6 Å². The molecule has 1 amide bonds. The SMILES string of the molecule is CCCC(C)C1C(=O)Nc2ccc(C)cc21. The van der Waals surface area contributed by atoms with Crippen molar-refractivity contribution in [3.8, 4) is 0 Å². The van der Waals surface area contributed by atoms with Gasteiger partial charge in [-0.15, -0.1) is 0 Å². The molecule has 1 heterocycles. The number of benzene rings is 1. The Morgan fingerprint density at radius 3 is 2.88 bits per heavy atom. The van der Waals surface area contributed by atoms with Crippen molar-refractivity contribution in [2.45, 2.75) is 39.5 Å². The fraction of sp³-hybridized carbons (Fsp3) is 0.500. The predicted molar refractivity (Wildman–Crippen MR) is 66.6 cm³/mol. The Kier molecular flexibility index (Phi) is 2.99. The van der Waals surface area contributed by atoms with Crippen LogP contribution in [0.15, 0.2) is 18.2 Å². The van der Waals surface area contributed by atoms with Gasteiger partial charge >= 0.3 is 0 Å². The van der Waals surface area contributed by atoms with Gasteiger partial charge in [0.15, 0.2) is 0 Å². The van der Waals surface area contributed by atoms with Crippen LogP contribution in [0.2, 0.25) is 0 Å². The maximum Gasteiger partial charge on any atom is 0.232 e. The fourth-order valence-corrected chi connectivity index (χ4v) is 2.59.